The van der Waals surface area contributed by atoms with E-state index in [1.54, 1.807) is 0 Å². The molecule has 0 aliphatic carbocycles. The van der Waals surface area contributed by atoms with Crippen LogP contribution in [-0.4, -0.2) is 27.1 Å². The molecule has 0 spiro atoms. The molecule has 3 N–H and O–H groups in total. The van der Waals surface area contributed by atoms with E-state index in [4.69, 9.17) is 15.2 Å². The number of likely N-dealkylation sites (tertiary alicyclic amines) is 1. The molecule has 1 aromatic carbocycles. The maximum atomic E-state index is 5.92. The first-order valence-corrected chi connectivity index (χ1v) is 11.0. The first-order valence-electron chi connectivity index (χ1n) is 11.0. The summed E-state index contributed by atoms with van der Waals surface area (Å²) < 4.78 is 5.43. The van der Waals surface area contributed by atoms with Crippen molar-refractivity contribution in [3.8, 4) is 0 Å². The molecular weight excluding hydrogens is 386 g/mol. The van der Waals surface area contributed by atoms with Crippen molar-refractivity contribution in [2.24, 2.45) is 0 Å². The Morgan fingerprint density at radius 3 is 2.97 bits per heavy atom. The third-order valence-electron chi connectivity index (χ3n) is 6.71. The van der Waals surface area contributed by atoms with Crippen LogP contribution in [0.4, 0.5) is 5.82 Å². The van der Waals surface area contributed by atoms with Crippen LogP contribution in [0, 0.1) is 6.92 Å². The maximum Gasteiger partial charge on any atom is 0.174 e. The first-order chi connectivity index (χ1) is 15.1. The molecule has 0 bridgehead atoms. The SMILES string of the molecule is CC1=CC=CNC1[C@@H]1CCC[C@H](c2ncccc2C)N1Cc1ccc2c(N)noc2c1. The molecule has 31 heavy (non-hydrogen) atoms. The molecular formula is C25H29N5O. The van der Waals surface area contributed by atoms with Gasteiger partial charge in [-0.3, -0.25) is 9.88 Å². The number of allylic oxidation sites excluding steroid dienone is 2. The number of rotatable bonds is 4. The Balaban J connectivity index is 1.53. The fourth-order valence-corrected chi connectivity index (χ4v) is 5.13. The number of aryl methyl sites for hydroxylation is 1. The van der Waals surface area contributed by atoms with Crippen LogP contribution in [0.25, 0.3) is 11.0 Å². The number of aromatic nitrogens is 2. The Morgan fingerprint density at radius 2 is 2.13 bits per heavy atom. The Morgan fingerprint density at radius 1 is 1.23 bits per heavy atom. The van der Waals surface area contributed by atoms with Gasteiger partial charge >= 0.3 is 0 Å². The van der Waals surface area contributed by atoms with Crippen LogP contribution < -0.4 is 11.1 Å². The topological polar surface area (TPSA) is 80.2 Å². The van der Waals surface area contributed by atoms with Gasteiger partial charge < -0.3 is 15.6 Å². The fraction of sp³-hybridized carbons (Fsp3) is 0.360. The van der Waals surface area contributed by atoms with Gasteiger partial charge in [0.15, 0.2) is 11.4 Å². The van der Waals surface area contributed by atoms with E-state index in [0.29, 0.717) is 17.9 Å². The average molecular weight is 416 g/mol. The molecule has 1 fully saturated rings. The second-order valence-corrected chi connectivity index (χ2v) is 8.70. The van der Waals surface area contributed by atoms with Crippen molar-refractivity contribution < 1.29 is 4.52 Å². The number of pyridine rings is 1. The van der Waals surface area contributed by atoms with Crippen LogP contribution in [0.5, 0.6) is 0 Å². The second kappa shape index (κ2) is 8.19. The van der Waals surface area contributed by atoms with Gasteiger partial charge in [0.1, 0.15) is 0 Å². The van der Waals surface area contributed by atoms with Gasteiger partial charge in [-0.25, -0.2) is 0 Å². The molecule has 6 nitrogen and oxygen atoms in total. The van der Waals surface area contributed by atoms with Crippen molar-refractivity contribution >= 4 is 16.8 Å². The zero-order valence-corrected chi connectivity index (χ0v) is 18.1. The summed E-state index contributed by atoms with van der Waals surface area (Å²) in [5, 5.41) is 8.40. The molecule has 4 heterocycles. The highest BCUT2D eigenvalue weighted by Gasteiger charge is 2.38. The minimum atomic E-state index is 0.274. The van der Waals surface area contributed by atoms with Gasteiger partial charge in [-0.05, 0) is 80.3 Å². The van der Waals surface area contributed by atoms with Gasteiger partial charge in [-0.1, -0.05) is 23.4 Å². The maximum absolute atomic E-state index is 5.92. The molecule has 1 saturated heterocycles. The monoisotopic (exact) mass is 415 g/mol. The molecule has 3 atom stereocenters. The smallest absolute Gasteiger partial charge is 0.174 e. The molecule has 6 heteroatoms. The fourth-order valence-electron chi connectivity index (χ4n) is 5.13. The van der Waals surface area contributed by atoms with Crippen LogP contribution in [0.15, 0.2) is 65.0 Å². The summed E-state index contributed by atoms with van der Waals surface area (Å²) in [5.74, 6) is 0.443. The number of nitrogens with one attached hydrogen (secondary N) is 1. The summed E-state index contributed by atoms with van der Waals surface area (Å²) in [7, 11) is 0. The van der Waals surface area contributed by atoms with Crippen LogP contribution in [0.2, 0.25) is 0 Å². The molecule has 0 radical (unpaired) electrons. The van der Waals surface area contributed by atoms with Gasteiger partial charge in [0.2, 0.25) is 0 Å². The van der Waals surface area contributed by atoms with Crippen LogP contribution in [0.3, 0.4) is 0 Å². The largest absolute Gasteiger partial charge is 0.383 e. The quantitative estimate of drug-likeness (QED) is 0.646. The van der Waals surface area contributed by atoms with Crippen molar-refractivity contribution in [2.75, 3.05) is 5.73 Å². The number of piperidine rings is 1. The number of hydrogen-bond acceptors (Lipinski definition) is 6. The van der Waals surface area contributed by atoms with E-state index in [1.807, 2.05) is 18.3 Å². The number of nitrogen functional groups attached to an aromatic ring is 1. The molecule has 2 aliphatic heterocycles. The van der Waals surface area contributed by atoms with E-state index in [9.17, 15) is 0 Å². The lowest BCUT2D eigenvalue weighted by molar-refractivity contribution is 0.0572. The summed E-state index contributed by atoms with van der Waals surface area (Å²) >= 11 is 0. The third-order valence-corrected chi connectivity index (χ3v) is 6.71. The van der Waals surface area contributed by atoms with E-state index in [-0.39, 0.29) is 6.04 Å². The van der Waals surface area contributed by atoms with Gasteiger partial charge in [0.05, 0.1) is 23.2 Å². The number of benzene rings is 1. The molecule has 3 aromatic rings. The summed E-state index contributed by atoms with van der Waals surface area (Å²) in [4.78, 5) is 7.44. The van der Waals surface area contributed by atoms with E-state index in [2.05, 4.69) is 65.8 Å². The van der Waals surface area contributed by atoms with E-state index in [0.717, 1.165) is 30.4 Å². The third kappa shape index (κ3) is 3.72. The van der Waals surface area contributed by atoms with Crippen LogP contribution >= 0.6 is 0 Å². The number of anilines is 1. The van der Waals surface area contributed by atoms with Gasteiger partial charge in [-0.2, -0.15) is 0 Å². The van der Waals surface area contributed by atoms with Crippen molar-refractivity contribution in [1.82, 2.24) is 20.4 Å². The molecule has 160 valence electrons. The van der Waals surface area contributed by atoms with Crippen molar-refractivity contribution in [3.05, 3.63) is 77.3 Å². The number of nitrogens with two attached hydrogens (primary N) is 1. The first kappa shape index (κ1) is 19.8. The molecule has 2 aliphatic rings. The number of nitrogens with zero attached hydrogens (tertiary/aromatic N) is 3. The standard InChI is InChI=1S/C25H29N5O/c1-16-6-4-12-27-23(16)20-8-3-9-21(24-17(2)7-5-13-28-24)30(20)15-18-10-11-19-22(14-18)31-29-25(19)26/h4-7,10-14,20-21,23,27H,3,8-9,15H2,1-2H3,(H2,26,29)/t20-,21+,23?/m0/s1. The lowest BCUT2D eigenvalue weighted by Gasteiger charge is -2.46. The number of hydrogen-bond donors (Lipinski definition) is 2. The lowest BCUT2D eigenvalue weighted by atomic mass is 9.85. The number of dihydropyridines is 1. The highest BCUT2D eigenvalue weighted by Crippen LogP contribution is 2.39. The van der Waals surface area contributed by atoms with E-state index < -0.39 is 0 Å². The zero-order chi connectivity index (χ0) is 21.4. The minimum Gasteiger partial charge on any atom is -0.383 e. The molecule has 0 saturated carbocycles. The lowest BCUT2D eigenvalue weighted by Crippen LogP contribution is -2.53. The Bertz CT molecular complexity index is 1150. The zero-order valence-electron chi connectivity index (χ0n) is 18.1. The van der Waals surface area contributed by atoms with E-state index in [1.165, 1.54) is 28.8 Å². The van der Waals surface area contributed by atoms with Crippen LogP contribution in [0.1, 0.15) is 49.0 Å². The van der Waals surface area contributed by atoms with Crippen LogP contribution in [-0.2, 0) is 6.54 Å². The van der Waals surface area contributed by atoms with Gasteiger partial charge in [-0.15, -0.1) is 0 Å². The Kier molecular flexibility index (Phi) is 5.24. The molecule has 5 rings (SSSR count). The van der Waals surface area contributed by atoms with Gasteiger partial charge in [0, 0.05) is 18.8 Å². The normalized spacial score (nSPS) is 24.2. The summed E-state index contributed by atoms with van der Waals surface area (Å²) in [6.07, 6.45) is 11.7. The molecule has 1 unspecified atom stereocenters. The summed E-state index contributed by atoms with van der Waals surface area (Å²) in [5.41, 5.74) is 11.7. The summed E-state index contributed by atoms with van der Waals surface area (Å²) in [6.45, 7) is 5.20. The minimum absolute atomic E-state index is 0.274. The van der Waals surface area contributed by atoms with Crippen molar-refractivity contribution in [3.63, 3.8) is 0 Å². The summed E-state index contributed by atoms with van der Waals surface area (Å²) in [6, 6.07) is 11.4. The Hall–Kier alpha value is -3.12. The average Bonchev–Trinajstić information content (AvgIpc) is 3.15. The highest BCUT2D eigenvalue weighted by atomic mass is 16.5. The predicted octanol–water partition coefficient (Wildman–Crippen LogP) is 4.64. The highest BCUT2D eigenvalue weighted by molar-refractivity contribution is 5.87. The van der Waals surface area contributed by atoms with Crippen molar-refractivity contribution in [2.45, 2.75) is 57.8 Å². The molecule has 2 aromatic heterocycles. The second-order valence-electron chi connectivity index (χ2n) is 8.70. The van der Waals surface area contributed by atoms with Gasteiger partial charge in [0.25, 0.3) is 0 Å². The van der Waals surface area contributed by atoms with E-state index >= 15 is 0 Å². The van der Waals surface area contributed by atoms with Crippen molar-refractivity contribution in [1.29, 1.82) is 0 Å². The molecule has 0 amide bonds. The Labute approximate surface area is 182 Å². The predicted molar refractivity (Wildman–Crippen MR) is 123 cm³/mol. The number of fused-ring (bicyclic) bond motifs is 1.